The number of hydrogen-bond donors (Lipinski definition) is 1. The van der Waals surface area contributed by atoms with E-state index in [-0.39, 0.29) is 6.61 Å². The molecule has 0 rings (SSSR count). The molecule has 0 aromatic rings. The zero-order valence-corrected chi connectivity index (χ0v) is 4.55. The highest BCUT2D eigenvalue weighted by molar-refractivity contribution is 4.89. The largest absolute Gasteiger partial charge is 0.392 e. The van der Waals surface area contributed by atoms with Gasteiger partial charge in [-0.25, -0.2) is 4.39 Å². The molecule has 0 amide bonds. The molecule has 0 atom stereocenters. The zero-order valence-electron chi connectivity index (χ0n) is 4.55. The number of hydrogen-bond acceptors (Lipinski definition) is 1. The van der Waals surface area contributed by atoms with Crippen molar-refractivity contribution in [2.75, 3.05) is 6.61 Å². The van der Waals surface area contributed by atoms with Crippen LogP contribution in [-0.4, -0.2) is 11.7 Å². The minimum absolute atomic E-state index is 0.0279. The van der Waals surface area contributed by atoms with Crippen molar-refractivity contribution in [3.8, 4) is 0 Å². The number of allylic oxidation sites excluding steroid dienone is 2. The lowest BCUT2D eigenvalue weighted by molar-refractivity contribution is 0.342. The molecule has 0 spiro atoms. The van der Waals surface area contributed by atoms with E-state index in [0.717, 1.165) is 0 Å². The number of rotatable bonds is 3. The fraction of sp³-hybridized carbons (Fsp3) is 0.333. The van der Waals surface area contributed by atoms with Crippen LogP contribution in [0.4, 0.5) is 4.39 Å². The highest BCUT2D eigenvalue weighted by atomic mass is 19.1. The lowest BCUT2D eigenvalue weighted by atomic mass is 10.4. The van der Waals surface area contributed by atoms with Crippen LogP contribution in [0, 0.1) is 0 Å². The lowest BCUT2D eigenvalue weighted by Gasteiger charge is -1.76. The first kappa shape index (κ1) is 7.37. The van der Waals surface area contributed by atoms with Gasteiger partial charge in [0, 0.05) is 0 Å². The average molecular weight is 116 g/mol. The summed E-state index contributed by atoms with van der Waals surface area (Å²) in [6, 6.07) is 0. The summed E-state index contributed by atoms with van der Waals surface area (Å²) >= 11 is 0. The molecular formula is C6H9FO. The van der Waals surface area contributed by atoms with Crippen LogP contribution in [0.3, 0.4) is 0 Å². The van der Waals surface area contributed by atoms with Gasteiger partial charge in [0.05, 0.1) is 12.9 Å². The highest BCUT2D eigenvalue weighted by Gasteiger charge is 1.67. The first-order valence-corrected chi connectivity index (χ1v) is 2.43. The van der Waals surface area contributed by atoms with Gasteiger partial charge in [-0.3, -0.25) is 0 Å². The smallest absolute Gasteiger partial charge is 0.0830 e. The van der Waals surface area contributed by atoms with E-state index in [2.05, 4.69) is 0 Å². The molecule has 0 fully saturated rings. The molecule has 1 N–H and O–H groups in total. The summed E-state index contributed by atoms with van der Waals surface area (Å²) in [5.74, 6) is 0. The van der Waals surface area contributed by atoms with Gasteiger partial charge in [-0.1, -0.05) is 18.2 Å². The molecular weight excluding hydrogens is 107 g/mol. The van der Waals surface area contributed by atoms with Gasteiger partial charge in [0.2, 0.25) is 0 Å². The van der Waals surface area contributed by atoms with E-state index in [1.807, 2.05) is 0 Å². The molecule has 0 aliphatic carbocycles. The fourth-order valence-corrected chi connectivity index (χ4v) is 0.301. The van der Waals surface area contributed by atoms with Crippen LogP contribution in [0.15, 0.2) is 24.6 Å². The van der Waals surface area contributed by atoms with Crippen molar-refractivity contribution in [2.24, 2.45) is 0 Å². The Kier molecular flexibility index (Phi) is 5.87. The molecule has 8 heavy (non-hydrogen) atoms. The van der Waals surface area contributed by atoms with Crippen LogP contribution in [0.25, 0.3) is 0 Å². The normalized spacial score (nSPS) is 11.8. The third kappa shape index (κ3) is 5.37. The lowest BCUT2D eigenvalue weighted by Crippen LogP contribution is -1.68. The van der Waals surface area contributed by atoms with Gasteiger partial charge in [0.25, 0.3) is 0 Å². The maximum Gasteiger partial charge on any atom is 0.0830 e. The Morgan fingerprint density at radius 1 is 1.25 bits per heavy atom. The second kappa shape index (κ2) is 6.37. The Balaban J connectivity index is 3.03. The Morgan fingerprint density at radius 2 is 2.00 bits per heavy atom. The summed E-state index contributed by atoms with van der Waals surface area (Å²) in [6.07, 6.45) is 5.67. The summed E-state index contributed by atoms with van der Waals surface area (Å²) in [4.78, 5) is 0. The SMILES string of the molecule is OCC=CCC=CF. The third-order valence-corrected chi connectivity index (χ3v) is 0.633. The molecule has 0 heterocycles. The van der Waals surface area contributed by atoms with Crippen molar-refractivity contribution in [3.63, 3.8) is 0 Å². The molecule has 0 unspecified atom stereocenters. The fourth-order valence-electron chi connectivity index (χ4n) is 0.301. The first-order valence-electron chi connectivity index (χ1n) is 2.43. The van der Waals surface area contributed by atoms with Crippen molar-refractivity contribution in [1.29, 1.82) is 0 Å². The van der Waals surface area contributed by atoms with Gasteiger partial charge in [-0.2, -0.15) is 0 Å². The van der Waals surface area contributed by atoms with E-state index in [4.69, 9.17) is 5.11 Å². The third-order valence-electron chi connectivity index (χ3n) is 0.633. The molecule has 2 heteroatoms. The summed E-state index contributed by atoms with van der Waals surface area (Å²) < 4.78 is 11.1. The zero-order chi connectivity index (χ0) is 6.24. The van der Waals surface area contributed by atoms with E-state index in [1.165, 1.54) is 6.08 Å². The minimum atomic E-state index is 0.0279. The second-order valence-corrected chi connectivity index (χ2v) is 1.25. The Labute approximate surface area is 48.1 Å². The maximum absolute atomic E-state index is 11.1. The summed E-state index contributed by atoms with van der Waals surface area (Å²) in [5, 5.41) is 8.16. The summed E-state index contributed by atoms with van der Waals surface area (Å²) in [7, 11) is 0. The first-order chi connectivity index (χ1) is 3.91. The Hall–Kier alpha value is -0.630. The van der Waals surface area contributed by atoms with Gasteiger partial charge in [0.15, 0.2) is 0 Å². The molecule has 0 bridgehead atoms. The van der Waals surface area contributed by atoms with Crippen LogP contribution in [0.1, 0.15) is 6.42 Å². The Bertz CT molecular complexity index is 86.5. The molecule has 0 radical (unpaired) electrons. The monoisotopic (exact) mass is 116 g/mol. The van der Waals surface area contributed by atoms with E-state index in [0.29, 0.717) is 12.8 Å². The summed E-state index contributed by atoms with van der Waals surface area (Å²) in [5.41, 5.74) is 0. The molecule has 0 saturated heterocycles. The maximum atomic E-state index is 11.1. The standard InChI is InChI=1S/C6H9FO/c7-5-3-1-2-4-6-8/h2-5,8H,1,6H2. The molecule has 1 nitrogen and oxygen atoms in total. The van der Waals surface area contributed by atoms with Crippen LogP contribution in [0.5, 0.6) is 0 Å². The highest BCUT2D eigenvalue weighted by Crippen LogP contribution is 1.84. The van der Waals surface area contributed by atoms with Gasteiger partial charge >= 0.3 is 0 Å². The van der Waals surface area contributed by atoms with E-state index in [9.17, 15) is 4.39 Å². The van der Waals surface area contributed by atoms with Gasteiger partial charge in [-0.15, -0.1) is 0 Å². The molecule has 0 aliphatic heterocycles. The Morgan fingerprint density at radius 3 is 2.50 bits per heavy atom. The molecule has 46 valence electrons. The van der Waals surface area contributed by atoms with Crippen molar-refractivity contribution in [2.45, 2.75) is 6.42 Å². The second-order valence-electron chi connectivity index (χ2n) is 1.25. The number of aliphatic hydroxyl groups excluding tert-OH is 1. The van der Waals surface area contributed by atoms with Crippen molar-refractivity contribution in [1.82, 2.24) is 0 Å². The molecule has 0 aliphatic rings. The van der Waals surface area contributed by atoms with Crippen molar-refractivity contribution < 1.29 is 9.50 Å². The van der Waals surface area contributed by atoms with Crippen LogP contribution in [0.2, 0.25) is 0 Å². The predicted molar refractivity (Wildman–Crippen MR) is 31.1 cm³/mol. The van der Waals surface area contributed by atoms with Crippen LogP contribution < -0.4 is 0 Å². The van der Waals surface area contributed by atoms with E-state index < -0.39 is 0 Å². The molecule has 0 aromatic carbocycles. The van der Waals surface area contributed by atoms with Crippen molar-refractivity contribution >= 4 is 0 Å². The average Bonchev–Trinajstić information content (AvgIpc) is 1.81. The van der Waals surface area contributed by atoms with Crippen molar-refractivity contribution in [3.05, 3.63) is 24.6 Å². The van der Waals surface area contributed by atoms with Gasteiger partial charge in [-0.05, 0) is 6.42 Å². The van der Waals surface area contributed by atoms with Gasteiger partial charge < -0.3 is 5.11 Å². The predicted octanol–water partition coefficient (Wildman–Crippen LogP) is 1.41. The van der Waals surface area contributed by atoms with Gasteiger partial charge in [0.1, 0.15) is 0 Å². The van der Waals surface area contributed by atoms with E-state index >= 15 is 0 Å². The van der Waals surface area contributed by atoms with Crippen LogP contribution >= 0.6 is 0 Å². The quantitative estimate of drug-likeness (QED) is 0.553. The number of halogens is 1. The number of aliphatic hydroxyl groups is 1. The van der Waals surface area contributed by atoms with E-state index in [1.54, 1.807) is 12.2 Å². The van der Waals surface area contributed by atoms with Crippen LogP contribution in [-0.2, 0) is 0 Å². The molecule has 0 saturated carbocycles. The molecule has 0 aromatic heterocycles. The minimum Gasteiger partial charge on any atom is -0.392 e. The topological polar surface area (TPSA) is 20.2 Å². The summed E-state index contributed by atoms with van der Waals surface area (Å²) in [6.45, 7) is 0.0279.